The van der Waals surface area contributed by atoms with E-state index < -0.39 is 5.60 Å². The van der Waals surface area contributed by atoms with Crippen molar-refractivity contribution in [3.8, 4) is 11.5 Å². The molecular formula is C24H31N3O4. The molecule has 2 aliphatic heterocycles. The van der Waals surface area contributed by atoms with Crippen LogP contribution >= 0.6 is 0 Å². The van der Waals surface area contributed by atoms with Gasteiger partial charge in [0.2, 0.25) is 0 Å². The standard InChI is InChI=1S/C24H31N3O4/c1-30-20-8-5-17(22(11-20)31-2)14-26-18-6-7-19(26)13-24(29,12-18)15-27-23(28)10-9-21(25-27)16-3-4-16/h5,8-11,16,18-19,29H,3-4,6-7,12-15H2,1-2H3/t18-,19-/m1/s1. The van der Waals surface area contributed by atoms with E-state index in [0.717, 1.165) is 55.0 Å². The van der Waals surface area contributed by atoms with Crippen molar-refractivity contribution in [1.82, 2.24) is 14.7 Å². The van der Waals surface area contributed by atoms with E-state index in [1.165, 1.54) is 4.68 Å². The van der Waals surface area contributed by atoms with Gasteiger partial charge in [0.15, 0.2) is 0 Å². The summed E-state index contributed by atoms with van der Waals surface area (Å²) in [5, 5.41) is 16.0. The molecule has 5 rings (SSSR count). The first-order valence-corrected chi connectivity index (χ1v) is 11.2. The number of piperidine rings is 1. The fourth-order valence-electron chi connectivity index (χ4n) is 5.43. The van der Waals surface area contributed by atoms with Crippen molar-refractivity contribution in [3.05, 3.63) is 51.9 Å². The van der Waals surface area contributed by atoms with Gasteiger partial charge in [-0.3, -0.25) is 9.69 Å². The van der Waals surface area contributed by atoms with E-state index in [9.17, 15) is 9.90 Å². The number of aromatic nitrogens is 2. The van der Waals surface area contributed by atoms with Gasteiger partial charge in [-0.25, -0.2) is 4.68 Å². The van der Waals surface area contributed by atoms with Crippen molar-refractivity contribution in [2.24, 2.45) is 0 Å². The summed E-state index contributed by atoms with van der Waals surface area (Å²) in [4.78, 5) is 14.9. The zero-order valence-corrected chi connectivity index (χ0v) is 18.3. The van der Waals surface area contributed by atoms with Gasteiger partial charge in [0, 0.05) is 42.2 Å². The van der Waals surface area contributed by atoms with Gasteiger partial charge in [0.25, 0.3) is 5.56 Å². The molecule has 2 saturated heterocycles. The number of hydrogen-bond acceptors (Lipinski definition) is 6. The lowest BCUT2D eigenvalue weighted by Gasteiger charge is -2.44. The second-order valence-corrected chi connectivity index (χ2v) is 9.40. The molecule has 2 atom stereocenters. The third kappa shape index (κ3) is 4.08. The molecule has 1 aromatic carbocycles. The maximum atomic E-state index is 12.4. The maximum absolute atomic E-state index is 12.4. The van der Waals surface area contributed by atoms with E-state index in [0.29, 0.717) is 18.8 Å². The number of methoxy groups -OCH3 is 2. The van der Waals surface area contributed by atoms with Crippen molar-refractivity contribution < 1.29 is 14.6 Å². The van der Waals surface area contributed by atoms with Crippen molar-refractivity contribution in [2.45, 2.75) is 75.2 Å². The van der Waals surface area contributed by atoms with Crippen LogP contribution in [0.15, 0.2) is 35.1 Å². The summed E-state index contributed by atoms with van der Waals surface area (Å²) >= 11 is 0. The normalized spacial score (nSPS) is 28.0. The summed E-state index contributed by atoms with van der Waals surface area (Å²) in [6.45, 7) is 1.06. The average molecular weight is 426 g/mol. The topological polar surface area (TPSA) is 76.8 Å². The molecular weight excluding hydrogens is 394 g/mol. The Kier molecular flexibility index (Phi) is 5.26. The third-order valence-corrected chi connectivity index (χ3v) is 7.18. The highest BCUT2D eigenvalue weighted by Crippen LogP contribution is 2.43. The molecule has 0 spiro atoms. The highest BCUT2D eigenvalue weighted by Gasteiger charge is 2.48. The second kappa shape index (κ2) is 7.95. The molecule has 3 heterocycles. The molecule has 3 fully saturated rings. The number of aliphatic hydroxyl groups is 1. The third-order valence-electron chi connectivity index (χ3n) is 7.18. The molecule has 2 aromatic rings. The van der Waals surface area contributed by atoms with E-state index >= 15 is 0 Å². The van der Waals surface area contributed by atoms with Crippen LogP contribution in [0.4, 0.5) is 0 Å². The van der Waals surface area contributed by atoms with Gasteiger partial charge in [-0.2, -0.15) is 5.10 Å². The van der Waals surface area contributed by atoms with Gasteiger partial charge in [-0.05, 0) is 50.7 Å². The molecule has 7 heteroatoms. The number of fused-ring (bicyclic) bond motifs is 2. The van der Waals surface area contributed by atoms with Gasteiger partial charge in [0.05, 0.1) is 32.1 Å². The van der Waals surface area contributed by atoms with Crippen LogP contribution in [0.3, 0.4) is 0 Å². The zero-order valence-electron chi connectivity index (χ0n) is 18.3. The van der Waals surface area contributed by atoms with Crippen LogP contribution < -0.4 is 15.0 Å². The minimum atomic E-state index is -0.897. The molecule has 2 bridgehead atoms. The molecule has 1 N–H and O–H groups in total. The van der Waals surface area contributed by atoms with Crippen LogP contribution in [0.5, 0.6) is 11.5 Å². The van der Waals surface area contributed by atoms with Gasteiger partial charge < -0.3 is 14.6 Å². The SMILES string of the molecule is COc1ccc(CN2[C@@H]3CC[C@@H]2CC(O)(Cn2nc(C4CC4)ccc2=O)C3)c(OC)c1. The van der Waals surface area contributed by atoms with E-state index in [1.54, 1.807) is 20.3 Å². The summed E-state index contributed by atoms with van der Waals surface area (Å²) < 4.78 is 12.4. The van der Waals surface area contributed by atoms with E-state index in [2.05, 4.69) is 16.1 Å². The Balaban J connectivity index is 1.32. The predicted molar refractivity (Wildman–Crippen MR) is 117 cm³/mol. The Labute approximate surface area is 182 Å². The number of rotatable bonds is 7. The number of nitrogens with zero attached hydrogens (tertiary/aromatic N) is 3. The number of ether oxygens (including phenoxy) is 2. The number of hydrogen-bond donors (Lipinski definition) is 1. The molecule has 3 aliphatic rings. The van der Waals surface area contributed by atoms with Gasteiger partial charge in [-0.1, -0.05) is 6.07 Å². The minimum Gasteiger partial charge on any atom is -0.497 e. The average Bonchev–Trinajstić information content (AvgIpc) is 3.57. The summed E-state index contributed by atoms with van der Waals surface area (Å²) in [7, 11) is 3.34. The lowest BCUT2D eigenvalue weighted by atomic mass is 9.85. The van der Waals surface area contributed by atoms with Crippen molar-refractivity contribution in [2.75, 3.05) is 14.2 Å². The maximum Gasteiger partial charge on any atom is 0.266 e. The van der Waals surface area contributed by atoms with Gasteiger partial charge in [-0.15, -0.1) is 0 Å². The molecule has 0 unspecified atom stereocenters. The zero-order chi connectivity index (χ0) is 21.6. The summed E-state index contributed by atoms with van der Waals surface area (Å²) in [5.41, 5.74) is 1.08. The van der Waals surface area contributed by atoms with Gasteiger partial charge >= 0.3 is 0 Å². The molecule has 166 valence electrons. The number of benzene rings is 1. The van der Waals surface area contributed by atoms with Crippen molar-refractivity contribution >= 4 is 0 Å². The Bertz CT molecular complexity index is 1000. The first-order chi connectivity index (χ1) is 15.0. The molecule has 0 radical (unpaired) electrons. The Morgan fingerprint density at radius 1 is 1.06 bits per heavy atom. The lowest BCUT2D eigenvalue weighted by Crippen LogP contribution is -2.53. The minimum absolute atomic E-state index is 0.129. The van der Waals surface area contributed by atoms with Crippen LogP contribution in [0.25, 0.3) is 0 Å². The molecule has 7 nitrogen and oxygen atoms in total. The monoisotopic (exact) mass is 425 g/mol. The summed E-state index contributed by atoms with van der Waals surface area (Å²) in [6.07, 6.45) is 5.73. The first-order valence-electron chi connectivity index (χ1n) is 11.2. The Morgan fingerprint density at radius 2 is 1.81 bits per heavy atom. The van der Waals surface area contributed by atoms with Crippen LogP contribution in [0.2, 0.25) is 0 Å². The fourth-order valence-corrected chi connectivity index (χ4v) is 5.43. The van der Waals surface area contributed by atoms with Crippen LogP contribution in [-0.4, -0.2) is 51.7 Å². The fraction of sp³-hybridized carbons (Fsp3) is 0.583. The van der Waals surface area contributed by atoms with E-state index in [4.69, 9.17) is 9.47 Å². The first kappa shape index (κ1) is 20.5. The molecule has 1 aliphatic carbocycles. The lowest BCUT2D eigenvalue weighted by molar-refractivity contribution is -0.0679. The van der Waals surface area contributed by atoms with Crippen LogP contribution in [0, 0.1) is 0 Å². The Hall–Kier alpha value is -2.38. The molecule has 31 heavy (non-hydrogen) atoms. The summed E-state index contributed by atoms with van der Waals surface area (Å²) in [6, 6.07) is 9.97. The smallest absolute Gasteiger partial charge is 0.266 e. The van der Waals surface area contributed by atoms with Crippen molar-refractivity contribution in [3.63, 3.8) is 0 Å². The molecule has 1 aromatic heterocycles. The summed E-state index contributed by atoms with van der Waals surface area (Å²) in [5.74, 6) is 2.09. The Morgan fingerprint density at radius 3 is 2.45 bits per heavy atom. The van der Waals surface area contributed by atoms with Crippen LogP contribution in [0.1, 0.15) is 55.7 Å². The predicted octanol–water partition coefficient (Wildman–Crippen LogP) is 2.70. The van der Waals surface area contributed by atoms with E-state index in [1.807, 2.05) is 18.2 Å². The van der Waals surface area contributed by atoms with Crippen LogP contribution in [-0.2, 0) is 13.1 Å². The second-order valence-electron chi connectivity index (χ2n) is 9.40. The van der Waals surface area contributed by atoms with Crippen molar-refractivity contribution in [1.29, 1.82) is 0 Å². The highest BCUT2D eigenvalue weighted by atomic mass is 16.5. The largest absolute Gasteiger partial charge is 0.497 e. The van der Waals surface area contributed by atoms with E-state index in [-0.39, 0.29) is 24.2 Å². The molecule has 1 saturated carbocycles. The highest BCUT2D eigenvalue weighted by molar-refractivity contribution is 5.41. The van der Waals surface area contributed by atoms with Gasteiger partial charge in [0.1, 0.15) is 11.5 Å². The quantitative estimate of drug-likeness (QED) is 0.735. The molecule has 0 amide bonds.